The van der Waals surface area contributed by atoms with E-state index in [0.29, 0.717) is 10.5 Å². The third kappa shape index (κ3) is 3.59. The molecule has 1 aromatic heterocycles. The number of aromatic nitrogens is 2. The van der Waals surface area contributed by atoms with Gasteiger partial charge in [-0.15, -0.1) is 0 Å². The second-order valence-electron chi connectivity index (χ2n) is 5.23. The first-order valence-corrected chi connectivity index (χ1v) is 8.01. The van der Waals surface area contributed by atoms with Gasteiger partial charge in [0.15, 0.2) is 0 Å². The van der Waals surface area contributed by atoms with Gasteiger partial charge in [-0.2, -0.15) is 5.10 Å². The van der Waals surface area contributed by atoms with Gasteiger partial charge < -0.3 is 5.32 Å². The Hall–Kier alpha value is -0.840. The Morgan fingerprint density at radius 3 is 2.89 bits per heavy atom. The minimum atomic E-state index is -0.00829. The molecule has 1 amide bonds. The van der Waals surface area contributed by atoms with Gasteiger partial charge in [-0.05, 0) is 25.3 Å². The molecule has 5 heteroatoms. The van der Waals surface area contributed by atoms with Crippen LogP contribution in [0.25, 0.3) is 0 Å². The third-order valence-electron chi connectivity index (χ3n) is 3.77. The van der Waals surface area contributed by atoms with Crippen molar-refractivity contribution in [1.82, 2.24) is 15.1 Å². The van der Waals surface area contributed by atoms with Gasteiger partial charge >= 0.3 is 0 Å². The molecule has 0 spiro atoms. The van der Waals surface area contributed by atoms with Gasteiger partial charge in [0.1, 0.15) is 5.69 Å². The Balaban J connectivity index is 2.04. The summed E-state index contributed by atoms with van der Waals surface area (Å²) in [4.78, 5) is 12.7. The number of nitrogens with zero attached hydrogens (tertiary/aromatic N) is 2. The summed E-state index contributed by atoms with van der Waals surface area (Å²) in [5, 5.41) is 7.48. The number of carbonyl (C=O) groups is 1. The number of hydrogen-bond acceptors (Lipinski definition) is 2. The van der Waals surface area contributed by atoms with Crippen LogP contribution in [0.15, 0.2) is 6.07 Å². The molecule has 1 fully saturated rings. The Morgan fingerprint density at radius 1 is 1.47 bits per heavy atom. The molecule has 1 N–H and O–H groups in total. The lowest BCUT2D eigenvalue weighted by molar-refractivity contribution is 0.0925. The van der Waals surface area contributed by atoms with E-state index in [1.165, 1.54) is 19.3 Å². The van der Waals surface area contributed by atoms with E-state index in [1.807, 2.05) is 20.0 Å². The fourth-order valence-corrected chi connectivity index (χ4v) is 3.30. The van der Waals surface area contributed by atoms with E-state index in [0.717, 1.165) is 25.0 Å². The van der Waals surface area contributed by atoms with Gasteiger partial charge in [-0.1, -0.05) is 42.1 Å². The minimum Gasteiger partial charge on any atom is -0.347 e. The van der Waals surface area contributed by atoms with Gasteiger partial charge in [0, 0.05) is 17.9 Å². The van der Waals surface area contributed by atoms with Crippen LogP contribution < -0.4 is 5.32 Å². The highest BCUT2D eigenvalue weighted by Crippen LogP contribution is 2.24. The van der Waals surface area contributed by atoms with Crippen LogP contribution in [0.4, 0.5) is 0 Å². The third-order valence-corrected chi connectivity index (χ3v) is 4.87. The van der Waals surface area contributed by atoms with Crippen molar-refractivity contribution in [2.75, 3.05) is 0 Å². The summed E-state index contributed by atoms with van der Waals surface area (Å²) in [5.41, 5.74) is 1.62. The summed E-state index contributed by atoms with van der Waals surface area (Å²) >= 11 is 3.71. The molecule has 0 saturated heterocycles. The molecular formula is C14H22BrN3O. The zero-order chi connectivity index (χ0) is 13.8. The number of carbonyl (C=O) groups excluding carboxylic acids is 1. The highest BCUT2D eigenvalue weighted by atomic mass is 79.9. The van der Waals surface area contributed by atoms with Crippen molar-refractivity contribution in [1.29, 1.82) is 0 Å². The fraction of sp³-hybridized carbons (Fsp3) is 0.714. The number of aryl methyl sites for hydroxylation is 2. The molecule has 0 bridgehead atoms. The smallest absolute Gasteiger partial charge is 0.269 e. The first-order valence-electron chi connectivity index (χ1n) is 7.09. The molecule has 2 rings (SSSR count). The topological polar surface area (TPSA) is 46.9 Å². The number of hydrogen-bond donors (Lipinski definition) is 1. The minimum absolute atomic E-state index is 0.00829. The molecule has 2 unspecified atom stereocenters. The second-order valence-corrected chi connectivity index (χ2v) is 6.41. The molecule has 1 aromatic rings. The van der Waals surface area contributed by atoms with Gasteiger partial charge in [-0.3, -0.25) is 9.48 Å². The van der Waals surface area contributed by atoms with Crippen LogP contribution in [0.3, 0.4) is 0 Å². The van der Waals surface area contributed by atoms with Gasteiger partial charge in [0.2, 0.25) is 0 Å². The summed E-state index contributed by atoms with van der Waals surface area (Å²) in [6.45, 7) is 2.05. The van der Waals surface area contributed by atoms with E-state index < -0.39 is 0 Å². The molecule has 106 valence electrons. The van der Waals surface area contributed by atoms with E-state index in [9.17, 15) is 4.79 Å². The SMILES string of the molecule is CCc1cc(C(=O)NC2CCCCCC2Br)n(C)n1. The van der Waals surface area contributed by atoms with Crippen molar-refractivity contribution in [2.45, 2.75) is 56.3 Å². The average Bonchev–Trinajstić information content (AvgIpc) is 2.66. The van der Waals surface area contributed by atoms with Crippen molar-refractivity contribution >= 4 is 21.8 Å². The number of rotatable bonds is 3. The first-order chi connectivity index (χ1) is 9.11. The molecule has 0 aromatic carbocycles. The van der Waals surface area contributed by atoms with Gasteiger partial charge in [0.05, 0.1) is 5.69 Å². The van der Waals surface area contributed by atoms with Crippen molar-refractivity contribution in [3.8, 4) is 0 Å². The Labute approximate surface area is 123 Å². The van der Waals surface area contributed by atoms with Crippen LogP contribution in [0, 0.1) is 0 Å². The lowest BCUT2D eigenvalue weighted by Gasteiger charge is -2.21. The summed E-state index contributed by atoms with van der Waals surface area (Å²) in [6, 6.07) is 2.12. The molecule has 0 aliphatic heterocycles. The lowest BCUT2D eigenvalue weighted by atomic mass is 10.1. The number of halogens is 1. The molecule has 1 saturated carbocycles. The van der Waals surface area contributed by atoms with Crippen LogP contribution in [0.1, 0.15) is 55.2 Å². The molecule has 1 heterocycles. The van der Waals surface area contributed by atoms with Crippen molar-refractivity contribution in [3.63, 3.8) is 0 Å². The molecule has 19 heavy (non-hydrogen) atoms. The van der Waals surface area contributed by atoms with Crippen molar-refractivity contribution < 1.29 is 4.79 Å². The fourth-order valence-electron chi connectivity index (χ4n) is 2.58. The van der Waals surface area contributed by atoms with E-state index in [1.54, 1.807) is 4.68 Å². The normalized spacial score (nSPS) is 23.9. The summed E-state index contributed by atoms with van der Waals surface area (Å²) in [7, 11) is 1.83. The molecular weight excluding hydrogens is 306 g/mol. The maximum Gasteiger partial charge on any atom is 0.269 e. The lowest BCUT2D eigenvalue weighted by Crippen LogP contribution is -2.41. The predicted octanol–water partition coefficient (Wildman–Crippen LogP) is 2.81. The average molecular weight is 328 g/mol. The monoisotopic (exact) mass is 327 g/mol. The standard InChI is InChI=1S/C14H22BrN3O/c1-3-10-9-13(18(2)17-10)14(19)16-12-8-6-4-5-7-11(12)15/h9,11-12H,3-8H2,1-2H3,(H,16,19). The number of nitrogens with one attached hydrogen (secondary N) is 1. The Bertz CT molecular complexity index is 444. The Kier molecular flexibility index (Phi) is 5.02. The maximum absolute atomic E-state index is 12.3. The van der Waals surface area contributed by atoms with Gasteiger partial charge in [0.25, 0.3) is 5.91 Å². The molecule has 4 nitrogen and oxygen atoms in total. The second kappa shape index (κ2) is 6.55. The van der Waals surface area contributed by atoms with Crippen molar-refractivity contribution in [3.05, 3.63) is 17.5 Å². The van der Waals surface area contributed by atoms with E-state index in [2.05, 4.69) is 26.3 Å². The number of amides is 1. The summed E-state index contributed by atoms with van der Waals surface area (Å²) in [6.07, 6.45) is 6.75. The Morgan fingerprint density at radius 2 is 2.21 bits per heavy atom. The summed E-state index contributed by atoms with van der Waals surface area (Å²) < 4.78 is 1.67. The van der Waals surface area contributed by atoms with E-state index in [-0.39, 0.29) is 11.9 Å². The quantitative estimate of drug-likeness (QED) is 0.685. The van der Waals surface area contributed by atoms with Crippen LogP contribution in [-0.2, 0) is 13.5 Å². The van der Waals surface area contributed by atoms with Crippen LogP contribution in [-0.4, -0.2) is 26.6 Å². The van der Waals surface area contributed by atoms with Crippen LogP contribution in [0.5, 0.6) is 0 Å². The molecule has 1 aliphatic rings. The first kappa shape index (κ1) is 14.6. The zero-order valence-corrected chi connectivity index (χ0v) is 13.2. The number of alkyl halides is 1. The predicted molar refractivity (Wildman–Crippen MR) is 79.6 cm³/mol. The highest BCUT2D eigenvalue weighted by molar-refractivity contribution is 9.09. The van der Waals surface area contributed by atoms with Gasteiger partial charge in [-0.25, -0.2) is 0 Å². The van der Waals surface area contributed by atoms with Crippen LogP contribution in [0.2, 0.25) is 0 Å². The van der Waals surface area contributed by atoms with Crippen LogP contribution >= 0.6 is 15.9 Å². The molecule has 1 aliphatic carbocycles. The van der Waals surface area contributed by atoms with E-state index in [4.69, 9.17) is 0 Å². The highest BCUT2D eigenvalue weighted by Gasteiger charge is 2.24. The molecule has 0 radical (unpaired) electrons. The van der Waals surface area contributed by atoms with Crippen molar-refractivity contribution in [2.24, 2.45) is 7.05 Å². The largest absolute Gasteiger partial charge is 0.347 e. The zero-order valence-electron chi connectivity index (χ0n) is 11.7. The van der Waals surface area contributed by atoms with E-state index >= 15 is 0 Å². The maximum atomic E-state index is 12.3. The summed E-state index contributed by atoms with van der Waals surface area (Å²) in [5.74, 6) is -0.00829. The molecule has 2 atom stereocenters.